The molecule has 4 nitrogen and oxygen atoms in total. The summed E-state index contributed by atoms with van der Waals surface area (Å²) in [7, 11) is 0. The third-order valence-corrected chi connectivity index (χ3v) is 4.75. The second-order valence-electron chi connectivity index (χ2n) is 6.59. The minimum atomic E-state index is -1.36. The average molecular weight is 324 g/mol. The Bertz CT molecular complexity index is 590. The Morgan fingerprint density at radius 3 is 2.52 bits per heavy atom. The number of carbonyl (C=O) groups is 1. The van der Waals surface area contributed by atoms with E-state index in [9.17, 15) is 18.7 Å². The molecule has 6 heteroatoms. The Balaban J connectivity index is 1.69. The molecule has 0 spiro atoms. The Kier molecular flexibility index (Phi) is 4.64. The summed E-state index contributed by atoms with van der Waals surface area (Å²) in [5.41, 5.74) is -0.830. The molecule has 0 radical (unpaired) electrons. The highest BCUT2D eigenvalue weighted by atomic mass is 19.2. The molecule has 23 heavy (non-hydrogen) atoms. The summed E-state index contributed by atoms with van der Waals surface area (Å²) in [6.07, 6.45) is 3.36. The lowest BCUT2D eigenvalue weighted by atomic mass is 9.91. The van der Waals surface area contributed by atoms with Gasteiger partial charge in [-0.15, -0.1) is 0 Å². The maximum Gasteiger partial charge on any atom is 0.256 e. The van der Waals surface area contributed by atoms with E-state index in [-0.39, 0.29) is 12.5 Å². The van der Waals surface area contributed by atoms with Gasteiger partial charge in [0.2, 0.25) is 0 Å². The summed E-state index contributed by atoms with van der Waals surface area (Å²) >= 11 is 0. The summed E-state index contributed by atoms with van der Waals surface area (Å²) in [6, 6.07) is 3.64. The SMILES string of the molecule is O=C1N(Cc2ccc(F)c(F)c2)CCC[C@]1(O)CN1CCCC1. The van der Waals surface area contributed by atoms with Crippen LogP contribution in [-0.2, 0) is 11.3 Å². The van der Waals surface area contributed by atoms with Crippen molar-refractivity contribution in [2.75, 3.05) is 26.2 Å². The Morgan fingerprint density at radius 2 is 1.83 bits per heavy atom. The number of rotatable bonds is 4. The summed E-state index contributed by atoms with van der Waals surface area (Å²) in [4.78, 5) is 16.3. The second kappa shape index (κ2) is 6.53. The van der Waals surface area contributed by atoms with E-state index in [2.05, 4.69) is 4.90 Å². The fourth-order valence-corrected chi connectivity index (χ4v) is 3.53. The highest BCUT2D eigenvalue weighted by Gasteiger charge is 2.43. The Morgan fingerprint density at radius 1 is 1.09 bits per heavy atom. The molecule has 1 amide bonds. The van der Waals surface area contributed by atoms with Crippen molar-refractivity contribution in [3.8, 4) is 0 Å². The zero-order valence-corrected chi connectivity index (χ0v) is 13.1. The molecule has 1 atom stereocenters. The predicted molar refractivity (Wildman–Crippen MR) is 81.6 cm³/mol. The quantitative estimate of drug-likeness (QED) is 0.920. The Labute approximate surface area is 134 Å². The molecular formula is C17H22F2N2O2. The van der Waals surface area contributed by atoms with Crippen molar-refractivity contribution in [2.45, 2.75) is 37.8 Å². The first-order valence-electron chi connectivity index (χ1n) is 8.16. The molecule has 2 aliphatic rings. The zero-order valence-electron chi connectivity index (χ0n) is 13.1. The molecule has 2 heterocycles. The van der Waals surface area contributed by atoms with Gasteiger partial charge in [-0.1, -0.05) is 6.07 Å². The van der Waals surface area contributed by atoms with Crippen molar-refractivity contribution >= 4 is 5.91 Å². The van der Waals surface area contributed by atoms with Gasteiger partial charge < -0.3 is 10.0 Å². The van der Waals surface area contributed by atoms with E-state index in [1.165, 1.54) is 6.07 Å². The smallest absolute Gasteiger partial charge is 0.256 e. The number of aliphatic hydroxyl groups is 1. The third kappa shape index (κ3) is 3.53. The van der Waals surface area contributed by atoms with E-state index >= 15 is 0 Å². The molecule has 2 saturated heterocycles. The van der Waals surface area contributed by atoms with E-state index in [0.717, 1.165) is 38.1 Å². The molecular weight excluding hydrogens is 302 g/mol. The molecule has 0 aliphatic carbocycles. The van der Waals surface area contributed by atoms with Crippen molar-refractivity contribution < 1.29 is 18.7 Å². The first-order valence-corrected chi connectivity index (χ1v) is 8.16. The summed E-state index contributed by atoms with van der Waals surface area (Å²) in [6.45, 7) is 2.91. The average Bonchev–Trinajstić information content (AvgIpc) is 3.00. The van der Waals surface area contributed by atoms with Crippen molar-refractivity contribution in [2.24, 2.45) is 0 Å². The number of nitrogens with zero attached hydrogens (tertiary/aromatic N) is 2. The number of piperidine rings is 1. The molecule has 126 valence electrons. The minimum Gasteiger partial charge on any atom is -0.379 e. The number of halogens is 2. The van der Waals surface area contributed by atoms with Crippen LogP contribution in [0, 0.1) is 11.6 Å². The van der Waals surface area contributed by atoms with Crippen LogP contribution in [0.15, 0.2) is 18.2 Å². The predicted octanol–water partition coefficient (Wildman–Crippen LogP) is 1.91. The summed E-state index contributed by atoms with van der Waals surface area (Å²) < 4.78 is 26.3. The molecule has 2 fully saturated rings. The lowest BCUT2D eigenvalue weighted by molar-refractivity contribution is -0.159. The molecule has 1 N–H and O–H groups in total. The van der Waals surface area contributed by atoms with Crippen molar-refractivity contribution in [1.29, 1.82) is 0 Å². The molecule has 1 aromatic rings. The monoisotopic (exact) mass is 324 g/mol. The van der Waals surface area contributed by atoms with Crippen molar-refractivity contribution in [1.82, 2.24) is 9.80 Å². The molecule has 0 saturated carbocycles. The number of β-amino-alcohol motifs (C(OH)–C–C–N with tert-alkyl or cyclic N) is 1. The van der Waals surface area contributed by atoms with Crippen molar-refractivity contribution in [3.05, 3.63) is 35.4 Å². The van der Waals surface area contributed by atoms with Gasteiger partial charge in [0.25, 0.3) is 5.91 Å². The van der Waals surface area contributed by atoms with E-state index in [0.29, 0.717) is 31.5 Å². The highest BCUT2D eigenvalue weighted by Crippen LogP contribution is 2.26. The minimum absolute atomic E-state index is 0.193. The molecule has 0 bridgehead atoms. The van der Waals surface area contributed by atoms with Crippen LogP contribution in [0.5, 0.6) is 0 Å². The lowest BCUT2D eigenvalue weighted by Crippen LogP contribution is -2.58. The largest absolute Gasteiger partial charge is 0.379 e. The van der Waals surface area contributed by atoms with Gasteiger partial charge in [-0.2, -0.15) is 0 Å². The number of hydrogen-bond donors (Lipinski definition) is 1. The van der Waals surface area contributed by atoms with Crippen LogP contribution in [-0.4, -0.2) is 52.6 Å². The number of carbonyl (C=O) groups excluding carboxylic acids is 1. The lowest BCUT2D eigenvalue weighted by Gasteiger charge is -2.40. The number of likely N-dealkylation sites (tertiary alicyclic amines) is 2. The Hall–Kier alpha value is -1.53. The van der Waals surface area contributed by atoms with Gasteiger partial charge in [0.15, 0.2) is 17.2 Å². The van der Waals surface area contributed by atoms with Gasteiger partial charge in [-0.25, -0.2) is 8.78 Å². The fraction of sp³-hybridized carbons (Fsp3) is 0.588. The van der Waals surface area contributed by atoms with Crippen LogP contribution < -0.4 is 0 Å². The highest BCUT2D eigenvalue weighted by molar-refractivity contribution is 5.86. The molecule has 1 aromatic carbocycles. The first kappa shape index (κ1) is 16.3. The molecule has 0 unspecified atom stereocenters. The fourth-order valence-electron chi connectivity index (χ4n) is 3.53. The van der Waals surface area contributed by atoms with Crippen LogP contribution in [0.2, 0.25) is 0 Å². The van der Waals surface area contributed by atoms with Crippen LogP contribution in [0.1, 0.15) is 31.2 Å². The second-order valence-corrected chi connectivity index (χ2v) is 6.59. The third-order valence-electron chi connectivity index (χ3n) is 4.75. The zero-order chi connectivity index (χ0) is 16.4. The maximum absolute atomic E-state index is 13.3. The normalized spacial score (nSPS) is 26.0. The van der Waals surface area contributed by atoms with E-state index in [1.807, 2.05) is 0 Å². The van der Waals surface area contributed by atoms with Crippen LogP contribution in [0.3, 0.4) is 0 Å². The number of hydrogen-bond acceptors (Lipinski definition) is 3. The van der Waals surface area contributed by atoms with Gasteiger partial charge in [-0.3, -0.25) is 9.69 Å². The summed E-state index contributed by atoms with van der Waals surface area (Å²) in [5, 5.41) is 10.8. The van der Waals surface area contributed by atoms with E-state index in [4.69, 9.17) is 0 Å². The van der Waals surface area contributed by atoms with Gasteiger partial charge in [0.1, 0.15) is 0 Å². The van der Waals surface area contributed by atoms with E-state index < -0.39 is 17.2 Å². The number of benzene rings is 1. The first-order chi connectivity index (χ1) is 11.0. The van der Waals surface area contributed by atoms with E-state index in [1.54, 1.807) is 4.90 Å². The topological polar surface area (TPSA) is 43.8 Å². The molecule has 0 aromatic heterocycles. The maximum atomic E-state index is 13.3. The standard InChI is InChI=1S/C17H22F2N2O2/c18-14-5-4-13(10-15(14)19)11-21-9-3-6-17(23,16(21)22)12-20-7-1-2-8-20/h4-5,10,23H,1-3,6-9,11-12H2/t17-/m0/s1. The molecule has 3 rings (SSSR count). The van der Waals surface area contributed by atoms with Crippen LogP contribution in [0.4, 0.5) is 8.78 Å². The van der Waals surface area contributed by atoms with Gasteiger partial charge in [-0.05, 0) is 56.5 Å². The van der Waals surface area contributed by atoms with Crippen LogP contribution >= 0.6 is 0 Å². The molecule has 2 aliphatic heterocycles. The van der Waals surface area contributed by atoms with Gasteiger partial charge >= 0.3 is 0 Å². The van der Waals surface area contributed by atoms with Gasteiger partial charge in [0, 0.05) is 19.6 Å². The summed E-state index contributed by atoms with van der Waals surface area (Å²) in [5.74, 6) is -2.12. The van der Waals surface area contributed by atoms with Crippen molar-refractivity contribution in [3.63, 3.8) is 0 Å². The van der Waals surface area contributed by atoms with Gasteiger partial charge in [0.05, 0.1) is 0 Å². The number of amides is 1. The van der Waals surface area contributed by atoms with Crippen LogP contribution in [0.25, 0.3) is 0 Å².